The minimum Gasteiger partial charge on any atom is -0.309 e. The van der Waals surface area contributed by atoms with Crippen LogP contribution < -0.4 is 0 Å². The number of benzene rings is 9. The molecular weight excluding hydrogens is 801 g/mol. The summed E-state index contributed by atoms with van der Waals surface area (Å²) in [5.41, 5.74) is 21.1. The van der Waals surface area contributed by atoms with Crippen LogP contribution in [0.5, 0.6) is 0 Å². The van der Waals surface area contributed by atoms with E-state index in [-0.39, 0.29) is 10.8 Å². The summed E-state index contributed by atoms with van der Waals surface area (Å²) in [4.78, 5) is 11.0. The van der Waals surface area contributed by atoms with Crippen molar-refractivity contribution in [1.29, 1.82) is 0 Å². The molecule has 0 saturated carbocycles. The molecule has 14 rings (SSSR count). The Morgan fingerprint density at radius 3 is 1.48 bits per heavy atom. The van der Waals surface area contributed by atoms with Crippen LogP contribution in [0.1, 0.15) is 49.9 Å². The van der Waals surface area contributed by atoms with E-state index in [4.69, 9.17) is 9.97 Å². The molecule has 4 nitrogen and oxygen atoms in total. The molecule has 0 atom stereocenters. The molecule has 2 aliphatic rings. The van der Waals surface area contributed by atoms with E-state index in [0.29, 0.717) is 0 Å². The van der Waals surface area contributed by atoms with Gasteiger partial charge in [-0.05, 0) is 111 Å². The number of rotatable bonds is 4. The van der Waals surface area contributed by atoms with Crippen LogP contribution in [-0.4, -0.2) is 19.1 Å². The van der Waals surface area contributed by atoms with Crippen molar-refractivity contribution in [3.63, 3.8) is 0 Å². The Kier molecular flexibility index (Phi) is 7.49. The fourth-order valence-electron chi connectivity index (χ4n) is 11.9. The molecule has 3 heterocycles. The van der Waals surface area contributed by atoms with Gasteiger partial charge < -0.3 is 9.13 Å². The van der Waals surface area contributed by atoms with Crippen molar-refractivity contribution in [3.8, 4) is 56.3 Å². The Morgan fingerprint density at radius 1 is 0.333 bits per heavy atom. The van der Waals surface area contributed by atoms with Gasteiger partial charge in [0.15, 0.2) is 5.82 Å². The van der Waals surface area contributed by atoms with E-state index in [1.54, 1.807) is 0 Å². The number of fused-ring (bicyclic) bond motifs is 13. The van der Waals surface area contributed by atoms with Gasteiger partial charge in [-0.15, -0.1) is 0 Å². The lowest BCUT2D eigenvalue weighted by molar-refractivity contribution is 0.660. The lowest BCUT2D eigenvalue weighted by atomic mass is 9.81. The summed E-state index contributed by atoms with van der Waals surface area (Å²) in [5.74, 6) is 0.732. The number of hydrogen-bond donors (Lipinski definition) is 0. The van der Waals surface area contributed by atoms with Crippen molar-refractivity contribution in [2.75, 3.05) is 0 Å². The summed E-state index contributed by atoms with van der Waals surface area (Å²) in [7, 11) is 0. The van der Waals surface area contributed by atoms with E-state index in [9.17, 15) is 0 Å². The molecule has 0 spiro atoms. The van der Waals surface area contributed by atoms with Gasteiger partial charge in [0.25, 0.3) is 0 Å². The van der Waals surface area contributed by atoms with Gasteiger partial charge in [-0.2, -0.15) is 0 Å². The van der Waals surface area contributed by atoms with Crippen LogP contribution in [0.4, 0.5) is 0 Å². The van der Waals surface area contributed by atoms with Gasteiger partial charge in [0.05, 0.1) is 33.3 Å². The highest BCUT2D eigenvalue weighted by molar-refractivity contribution is 6.19. The first kappa shape index (κ1) is 37.3. The summed E-state index contributed by atoms with van der Waals surface area (Å²) < 4.78 is 4.85. The minimum absolute atomic E-state index is 0.138. The standard InChI is InChI=1S/C62H44N4/c1-61(2)50-22-12-8-18-41(50)43-29-26-37(32-52(43)61)59-49-34-40(28-31-54(49)63-60(64-59)38-27-30-44-42-19-9-13-23-51(42)62(3,4)53(44)33-38)66-56-25-15-11-21-46(56)48-35-47-45-20-10-14-24-55(45)65(57(47)36-58(48)66)39-16-6-5-7-17-39/h5-36H,1-4H3. The Bertz CT molecular complexity index is 4050. The zero-order valence-corrected chi connectivity index (χ0v) is 37.3. The van der Waals surface area contributed by atoms with Crippen LogP contribution in [0.2, 0.25) is 0 Å². The zero-order chi connectivity index (χ0) is 44.1. The quantitative estimate of drug-likeness (QED) is 0.177. The second-order valence-electron chi connectivity index (χ2n) is 19.4. The molecule has 312 valence electrons. The van der Waals surface area contributed by atoms with Crippen molar-refractivity contribution >= 4 is 54.5 Å². The first-order valence-electron chi connectivity index (χ1n) is 23.1. The molecule has 0 amide bonds. The topological polar surface area (TPSA) is 35.6 Å². The van der Waals surface area contributed by atoms with Gasteiger partial charge in [0.1, 0.15) is 0 Å². The molecule has 0 N–H and O–H groups in total. The fourth-order valence-corrected chi connectivity index (χ4v) is 11.9. The third-order valence-electron chi connectivity index (χ3n) is 15.1. The van der Waals surface area contributed by atoms with Crippen molar-refractivity contribution < 1.29 is 0 Å². The third kappa shape index (κ3) is 5.04. The number of para-hydroxylation sites is 3. The molecule has 2 aliphatic carbocycles. The molecule has 0 bridgehead atoms. The minimum atomic E-state index is -0.157. The average molecular weight is 845 g/mol. The fraction of sp³-hybridized carbons (Fsp3) is 0.0968. The molecule has 0 aliphatic heterocycles. The van der Waals surface area contributed by atoms with Gasteiger partial charge in [0, 0.05) is 60.3 Å². The van der Waals surface area contributed by atoms with Crippen LogP contribution >= 0.6 is 0 Å². The second-order valence-corrected chi connectivity index (χ2v) is 19.4. The first-order chi connectivity index (χ1) is 32.2. The Hall–Kier alpha value is -8.08. The Labute approximate surface area is 383 Å². The maximum Gasteiger partial charge on any atom is 0.160 e. The second kappa shape index (κ2) is 13.2. The van der Waals surface area contributed by atoms with E-state index < -0.39 is 0 Å². The monoisotopic (exact) mass is 844 g/mol. The van der Waals surface area contributed by atoms with E-state index in [2.05, 4.69) is 231 Å². The predicted octanol–water partition coefficient (Wildman–Crippen LogP) is 15.8. The molecule has 9 aromatic carbocycles. The summed E-state index contributed by atoms with van der Waals surface area (Å²) in [6, 6.07) is 71.4. The molecular formula is C62H44N4. The predicted molar refractivity (Wildman–Crippen MR) is 274 cm³/mol. The smallest absolute Gasteiger partial charge is 0.160 e. The maximum atomic E-state index is 5.62. The molecule has 3 aromatic heterocycles. The molecule has 12 aromatic rings. The highest BCUT2D eigenvalue weighted by Gasteiger charge is 2.37. The molecule has 0 fully saturated rings. The molecule has 0 saturated heterocycles. The molecule has 66 heavy (non-hydrogen) atoms. The van der Waals surface area contributed by atoms with Gasteiger partial charge in [-0.25, -0.2) is 9.97 Å². The number of hydrogen-bond acceptors (Lipinski definition) is 2. The van der Waals surface area contributed by atoms with Crippen molar-refractivity contribution in [2.45, 2.75) is 38.5 Å². The van der Waals surface area contributed by atoms with Crippen LogP contribution in [0.15, 0.2) is 194 Å². The Morgan fingerprint density at radius 2 is 0.848 bits per heavy atom. The maximum absolute atomic E-state index is 5.62. The lowest BCUT2D eigenvalue weighted by Crippen LogP contribution is -2.15. The van der Waals surface area contributed by atoms with Gasteiger partial charge in [0.2, 0.25) is 0 Å². The normalized spacial score (nSPS) is 14.3. The largest absolute Gasteiger partial charge is 0.309 e. The SMILES string of the molecule is CC1(C)c2ccccc2-c2ccc(-c3nc(-c4ccc5c(c4)C(C)(C)c4ccccc4-5)c4cc(-n5c6ccccc6c6cc7c8ccccc8n(-c8ccccc8)c7cc65)ccc4n3)cc21. The lowest BCUT2D eigenvalue weighted by Gasteiger charge is -2.22. The first-order valence-corrected chi connectivity index (χ1v) is 23.1. The van der Waals surface area contributed by atoms with Crippen LogP contribution in [0.25, 0.3) is 111 Å². The average Bonchev–Trinajstić information content (AvgIpc) is 4.01. The van der Waals surface area contributed by atoms with Crippen LogP contribution in [0.3, 0.4) is 0 Å². The van der Waals surface area contributed by atoms with Gasteiger partial charge >= 0.3 is 0 Å². The summed E-state index contributed by atoms with van der Waals surface area (Å²) >= 11 is 0. The van der Waals surface area contributed by atoms with E-state index >= 15 is 0 Å². The van der Waals surface area contributed by atoms with Crippen LogP contribution in [0, 0.1) is 0 Å². The van der Waals surface area contributed by atoms with Crippen molar-refractivity contribution in [1.82, 2.24) is 19.1 Å². The van der Waals surface area contributed by atoms with Crippen molar-refractivity contribution in [2.24, 2.45) is 0 Å². The van der Waals surface area contributed by atoms with E-state index in [1.807, 2.05) is 0 Å². The highest BCUT2D eigenvalue weighted by Crippen LogP contribution is 2.51. The van der Waals surface area contributed by atoms with E-state index in [0.717, 1.165) is 56.0 Å². The summed E-state index contributed by atoms with van der Waals surface area (Å²) in [6.07, 6.45) is 0. The third-order valence-corrected chi connectivity index (χ3v) is 15.1. The number of aromatic nitrogens is 4. The zero-order valence-electron chi connectivity index (χ0n) is 37.3. The van der Waals surface area contributed by atoms with Gasteiger partial charge in [-0.1, -0.05) is 155 Å². The molecule has 0 radical (unpaired) electrons. The number of nitrogens with zero attached hydrogens (tertiary/aromatic N) is 4. The highest BCUT2D eigenvalue weighted by atomic mass is 15.0. The van der Waals surface area contributed by atoms with Crippen LogP contribution in [-0.2, 0) is 10.8 Å². The molecule has 4 heteroatoms. The van der Waals surface area contributed by atoms with Gasteiger partial charge in [-0.3, -0.25) is 0 Å². The Balaban J connectivity index is 1.02. The van der Waals surface area contributed by atoms with Crippen molar-refractivity contribution in [3.05, 3.63) is 216 Å². The summed E-state index contributed by atoms with van der Waals surface area (Å²) in [6.45, 7) is 9.37. The summed E-state index contributed by atoms with van der Waals surface area (Å²) in [5, 5.41) is 5.95. The van der Waals surface area contributed by atoms with E-state index in [1.165, 1.54) is 77.1 Å². The molecule has 0 unspecified atom stereocenters.